The number of hydrogen-bond acceptors (Lipinski definition) is 3. The Morgan fingerprint density at radius 3 is 2.16 bits per heavy atom. The molecule has 170 valence electrons. The number of unbranched alkanes of at least 4 members (excludes halogenated alkanes) is 2. The molecule has 3 nitrogen and oxygen atoms in total. The van der Waals surface area contributed by atoms with Crippen LogP contribution in [0.15, 0.2) is 24.3 Å². The van der Waals surface area contributed by atoms with Gasteiger partial charge in [0.25, 0.3) is 0 Å². The lowest BCUT2D eigenvalue weighted by Gasteiger charge is -2.33. The van der Waals surface area contributed by atoms with Crippen molar-refractivity contribution < 1.29 is 9.53 Å². The van der Waals surface area contributed by atoms with Crippen LogP contribution in [0.4, 0.5) is 0 Å². The third-order valence-corrected chi connectivity index (χ3v) is 7.89. The fourth-order valence-corrected chi connectivity index (χ4v) is 5.71. The predicted molar refractivity (Wildman–Crippen MR) is 126 cm³/mol. The van der Waals surface area contributed by atoms with Crippen molar-refractivity contribution in [2.45, 2.75) is 110 Å². The van der Waals surface area contributed by atoms with Crippen molar-refractivity contribution in [1.29, 1.82) is 5.26 Å². The quantitative estimate of drug-likeness (QED) is 0.230. The average molecular weight is 424 g/mol. The van der Waals surface area contributed by atoms with Crippen molar-refractivity contribution in [2.24, 2.45) is 17.3 Å². The molecule has 0 aromatic heterocycles. The Morgan fingerprint density at radius 2 is 1.58 bits per heavy atom. The Balaban J connectivity index is 1.51. The van der Waals surface area contributed by atoms with E-state index in [0.717, 1.165) is 18.8 Å². The fourth-order valence-electron chi connectivity index (χ4n) is 5.71. The molecule has 3 rings (SSSR count). The maximum Gasteiger partial charge on any atom is 0.331 e. The van der Waals surface area contributed by atoms with E-state index < -0.39 is 5.41 Å². The van der Waals surface area contributed by atoms with Crippen molar-refractivity contribution in [3.8, 4) is 11.8 Å². The molecule has 1 aromatic carbocycles. The molecule has 1 aromatic rings. The fraction of sp³-hybridized carbons (Fsp3) is 0.714. The summed E-state index contributed by atoms with van der Waals surface area (Å²) < 4.78 is 5.71. The first-order valence-corrected chi connectivity index (χ1v) is 12.8. The first-order chi connectivity index (χ1) is 15.1. The van der Waals surface area contributed by atoms with Gasteiger partial charge in [0.2, 0.25) is 0 Å². The zero-order valence-corrected chi connectivity index (χ0v) is 19.7. The minimum atomic E-state index is -0.961. The summed E-state index contributed by atoms with van der Waals surface area (Å²) >= 11 is 0. The Morgan fingerprint density at radius 1 is 0.935 bits per heavy atom. The van der Waals surface area contributed by atoms with Gasteiger partial charge >= 0.3 is 5.97 Å². The standard InChI is InChI=1S/C28H41NO2/c1-3-5-6-8-23-17-19-28(21-29,20-18-23)27(30)31-26-15-13-25(14-16-26)24-11-9-22(7-4-2)10-12-24/h13-16,22-24H,3-12,17-20H2,1-2H3/t22-,23?,24-,28?. The van der Waals surface area contributed by atoms with Gasteiger partial charge in [0.1, 0.15) is 5.75 Å². The summed E-state index contributed by atoms with van der Waals surface area (Å²) in [5, 5.41) is 9.81. The lowest BCUT2D eigenvalue weighted by molar-refractivity contribution is -0.144. The lowest BCUT2D eigenvalue weighted by Crippen LogP contribution is -2.37. The average Bonchev–Trinajstić information content (AvgIpc) is 2.81. The third kappa shape index (κ3) is 6.34. The topological polar surface area (TPSA) is 50.1 Å². The zero-order valence-electron chi connectivity index (χ0n) is 19.7. The first kappa shape index (κ1) is 23.8. The van der Waals surface area contributed by atoms with Crippen molar-refractivity contribution in [3.63, 3.8) is 0 Å². The maximum absolute atomic E-state index is 12.9. The summed E-state index contributed by atoms with van der Waals surface area (Å²) in [5.41, 5.74) is 0.398. The summed E-state index contributed by atoms with van der Waals surface area (Å²) in [6.45, 7) is 4.50. The van der Waals surface area contributed by atoms with Crippen molar-refractivity contribution in [3.05, 3.63) is 29.8 Å². The number of nitrogens with zero attached hydrogens (tertiary/aromatic N) is 1. The number of hydrogen-bond donors (Lipinski definition) is 0. The molecule has 0 bridgehead atoms. The van der Waals surface area contributed by atoms with E-state index in [2.05, 4.69) is 32.0 Å². The van der Waals surface area contributed by atoms with Gasteiger partial charge in [-0.05, 0) is 86.8 Å². The van der Waals surface area contributed by atoms with E-state index in [9.17, 15) is 10.1 Å². The number of esters is 1. The van der Waals surface area contributed by atoms with Crippen LogP contribution < -0.4 is 4.74 Å². The van der Waals surface area contributed by atoms with Gasteiger partial charge in [0, 0.05) is 0 Å². The Bertz CT molecular complexity index is 716. The minimum absolute atomic E-state index is 0.352. The van der Waals surface area contributed by atoms with Gasteiger partial charge in [-0.25, -0.2) is 4.79 Å². The van der Waals surface area contributed by atoms with Gasteiger partial charge in [-0.2, -0.15) is 5.26 Å². The van der Waals surface area contributed by atoms with Gasteiger partial charge in [-0.15, -0.1) is 0 Å². The Kier molecular flexibility index (Phi) is 9.00. The number of nitriles is 1. The van der Waals surface area contributed by atoms with E-state index in [-0.39, 0.29) is 5.97 Å². The molecular formula is C28H41NO2. The summed E-state index contributed by atoms with van der Waals surface area (Å²) in [6, 6.07) is 10.4. The summed E-state index contributed by atoms with van der Waals surface area (Å²) in [6.07, 6.45) is 16.1. The molecule has 0 N–H and O–H groups in total. The number of ether oxygens (including phenoxy) is 1. The highest BCUT2D eigenvalue weighted by molar-refractivity contribution is 5.82. The smallest absolute Gasteiger partial charge is 0.331 e. The lowest BCUT2D eigenvalue weighted by atomic mass is 9.70. The van der Waals surface area contributed by atoms with Crippen LogP contribution in [-0.4, -0.2) is 5.97 Å². The molecule has 2 fully saturated rings. The molecular weight excluding hydrogens is 382 g/mol. The molecule has 0 radical (unpaired) electrons. The third-order valence-electron chi connectivity index (χ3n) is 7.89. The molecule has 2 aliphatic carbocycles. The predicted octanol–water partition coefficient (Wildman–Crippen LogP) is 7.95. The van der Waals surface area contributed by atoms with Gasteiger partial charge in [-0.1, -0.05) is 64.5 Å². The van der Waals surface area contributed by atoms with Gasteiger partial charge in [-0.3, -0.25) is 0 Å². The van der Waals surface area contributed by atoms with Crippen LogP contribution in [-0.2, 0) is 4.79 Å². The second kappa shape index (κ2) is 11.7. The SMILES string of the molecule is CCCCCC1CCC(C#N)(C(=O)Oc2ccc([C@H]3CC[C@H](CCC)CC3)cc2)CC1. The number of rotatable bonds is 9. The molecule has 0 amide bonds. The van der Waals surface area contributed by atoms with Crippen molar-refractivity contribution >= 4 is 5.97 Å². The van der Waals surface area contributed by atoms with Crippen LogP contribution >= 0.6 is 0 Å². The van der Waals surface area contributed by atoms with E-state index in [1.807, 2.05) is 12.1 Å². The van der Waals surface area contributed by atoms with E-state index in [0.29, 0.717) is 30.4 Å². The zero-order chi connectivity index (χ0) is 22.1. The molecule has 2 saturated carbocycles. The normalized spacial score (nSPS) is 28.6. The highest BCUT2D eigenvalue weighted by Crippen LogP contribution is 2.42. The van der Waals surface area contributed by atoms with E-state index in [1.54, 1.807) is 0 Å². The van der Waals surface area contributed by atoms with E-state index >= 15 is 0 Å². The van der Waals surface area contributed by atoms with Crippen molar-refractivity contribution in [2.75, 3.05) is 0 Å². The second-order valence-electron chi connectivity index (χ2n) is 10.1. The van der Waals surface area contributed by atoms with Gasteiger partial charge in [0.05, 0.1) is 6.07 Å². The molecule has 0 aliphatic heterocycles. The Labute approximate surface area is 189 Å². The molecule has 0 heterocycles. The minimum Gasteiger partial charge on any atom is -0.425 e. The molecule has 0 unspecified atom stereocenters. The molecule has 2 aliphatic rings. The number of carbonyl (C=O) groups excluding carboxylic acids is 1. The van der Waals surface area contributed by atoms with Crippen LogP contribution in [0.1, 0.15) is 115 Å². The maximum atomic E-state index is 12.9. The largest absolute Gasteiger partial charge is 0.425 e. The summed E-state index contributed by atoms with van der Waals surface area (Å²) in [7, 11) is 0. The van der Waals surface area contributed by atoms with Crippen LogP contribution in [0.2, 0.25) is 0 Å². The summed E-state index contributed by atoms with van der Waals surface area (Å²) in [5.74, 6) is 2.42. The molecule has 31 heavy (non-hydrogen) atoms. The Hall–Kier alpha value is -1.82. The first-order valence-electron chi connectivity index (χ1n) is 12.8. The number of benzene rings is 1. The van der Waals surface area contributed by atoms with Crippen LogP contribution in [0.25, 0.3) is 0 Å². The number of carbonyl (C=O) groups is 1. The highest BCUT2D eigenvalue weighted by Gasteiger charge is 2.43. The highest BCUT2D eigenvalue weighted by atomic mass is 16.5. The molecule has 0 atom stereocenters. The molecule has 3 heteroatoms. The van der Waals surface area contributed by atoms with Crippen LogP contribution in [0, 0.1) is 28.6 Å². The molecule has 0 saturated heterocycles. The molecule has 0 spiro atoms. The van der Waals surface area contributed by atoms with Gasteiger partial charge in [0.15, 0.2) is 5.41 Å². The van der Waals surface area contributed by atoms with E-state index in [4.69, 9.17) is 4.74 Å². The summed E-state index contributed by atoms with van der Waals surface area (Å²) in [4.78, 5) is 12.9. The monoisotopic (exact) mass is 423 g/mol. The second-order valence-corrected chi connectivity index (χ2v) is 10.1. The van der Waals surface area contributed by atoms with Crippen molar-refractivity contribution in [1.82, 2.24) is 0 Å². The van der Waals surface area contributed by atoms with Crippen LogP contribution in [0.5, 0.6) is 5.75 Å². The van der Waals surface area contributed by atoms with E-state index in [1.165, 1.54) is 69.8 Å². The van der Waals surface area contributed by atoms with Crippen LogP contribution in [0.3, 0.4) is 0 Å². The van der Waals surface area contributed by atoms with Gasteiger partial charge < -0.3 is 4.74 Å².